The van der Waals surface area contributed by atoms with E-state index in [1.165, 1.54) is 0 Å². The molecule has 106 valence electrons. The molecule has 0 fully saturated rings. The molecule has 0 saturated carbocycles. The zero-order valence-corrected chi connectivity index (χ0v) is 12.5. The summed E-state index contributed by atoms with van der Waals surface area (Å²) in [6.45, 7) is 6.69. The number of nitrogens with one attached hydrogen (secondary N) is 1. The topological polar surface area (TPSA) is 21.3 Å². The fraction of sp³-hybridized carbons (Fsp3) is 0.333. The fourth-order valence-corrected chi connectivity index (χ4v) is 2.23. The number of para-hydroxylation sites is 1. The van der Waals surface area contributed by atoms with Crippen LogP contribution in [-0.2, 0) is 0 Å². The maximum atomic E-state index is 5.85. The summed E-state index contributed by atoms with van der Waals surface area (Å²) in [6.07, 6.45) is 1.11. The summed E-state index contributed by atoms with van der Waals surface area (Å²) in [7, 11) is 0. The molecule has 2 aromatic rings. The predicted molar refractivity (Wildman–Crippen MR) is 85.5 cm³/mol. The van der Waals surface area contributed by atoms with Crippen molar-refractivity contribution in [3.05, 3.63) is 54.6 Å². The fourth-order valence-electron chi connectivity index (χ4n) is 2.23. The van der Waals surface area contributed by atoms with Gasteiger partial charge in [-0.3, -0.25) is 0 Å². The second kappa shape index (κ2) is 6.99. The molecule has 0 aliphatic rings. The third kappa shape index (κ3) is 4.02. The quantitative estimate of drug-likeness (QED) is 0.765. The van der Waals surface area contributed by atoms with Crippen molar-refractivity contribution >= 4 is 5.69 Å². The molecule has 0 saturated heterocycles. The van der Waals surface area contributed by atoms with Crippen LogP contribution in [0.4, 0.5) is 5.69 Å². The van der Waals surface area contributed by atoms with Gasteiger partial charge < -0.3 is 10.1 Å². The number of hydrogen-bond acceptors (Lipinski definition) is 2. The lowest BCUT2D eigenvalue weighted by Gasteiger charge is -2.22. The zero-order chi connectivity index (χ0) is 14.4. The Labute approximate surface area is 121 Å². The second-order valence-corrected chi connectivity index (χ2v) is 5.35. The largest absolute Gasteiger partial charge is 0.457 e. The highest BCUT2D eigenvalue weighted by Gasteiger charge is 2.10. The molecule has 1 atom stereocenters. The Balaban J connectivity index is 2.08. The molecular weight excluding hydrogens is 246 g/mol. The van der Waals surface area contributed by atoms with Crippen LogP contribution in [-0.4, -0.2) is 6.04 Å². The Morgan fingerprint density at radius 3 is 2.30 bits per heavy atom. The van der Waals surface area contributed by atoms with Crippen molar-refractivity contribution in [3.63, 3.8) is 0 Å². The lowest BCUT2D eigenvalue weighted by atomic mass is 10.0. The highest BCUT2D eigenvalue weighted by atomic mass is 16.5. The first-order valence-electron chi connectivity index (χ1n) is 7.28. The van der Waals surface area contributed by atoms with Gasteiger partial charge in [-0.05, 0) is 36.6 Å². The second-order valence-electron chi connectivity index (χ2n) is 5.35. The molecular formula is C18H23NO. The molecule has 0 heterocycles. The van der Waals surface area contributed by atoms with E-state index in [0.717, 1.165) is 23.6 Å². The first-order chi connectivity index (χ1) is 9.69. The summed E-state index contributed by atoms with van der Waals surface area (Å²) in [5.74, 6) is 2.33. The molecule has 0 aromatic heterocycles. The van der Waals surface area contributed by atoms with Crippen molar-refractivity contribution in [2.45, 2.75) is 33.2 Å². The summed E-state index contributed by atoms with van der Waals surface area (Å²) < 4.78 is 5.85. The third-order valence-electron chi connectivity index (χ3n) is 3.41. The third-order valence-corrected chi connectivity index (χ3v) is 3.41. The standard InChI is InChI=1S/C18H23NO/c1-4-18(14(2)3)19-15-9-8-12-17(13-15)20-16-10-6-5-7-11-16/h5-14,18-19H,4H2,1-3H3. The van der Waals surface area contributed by atoms with Crippen LogP contribution in [0.1, 0.15) is 27.2 Å². The molecule has 1 unspecified atom stereocenters. The maximum Gasteiger partial charge on any atom is 0.129 e. The van der Waals surface area contributed by atoms with Gasteiger partial charge in [-0.2, -0.15) is 0 Å². The van der Waals surface area contributed by atoms with E-state index in [0.29, 0.717) is 12.0 Å². The van der Waals surface area contributed by atoms with Gasteiger partial charge in [-0.25, -0.2) is 0 Å². The highest BCUT2D eigenvalue weighted by molar-refractivity contribution is 5.49. The molecule has 2 aromatic carbocycles. The molecule has 2 heteroatoms. The number of ether oxygens (including phenoxy) is 1. The van der Waals surface area contributed by atoms with E-state index in [-0.39, 0.29) is 0 Å². The first kappa shape index (κ1) is 14.4. The van der Waals surface area contributed by atoms with Crippen LogP contribution in [0, 0.1) is 5.92 Å². The van der Waals surface area contributed by atoms with Crippen LogP contribution in [0.25, 0.3) is 0 Å². The zero-order valence-electron chi connectivity index (χ0n) is 12.5. The van der Waals surface area contributed by atoms with Crippen molar-refractivity contribution in [1.82, 2.24) is 0 Å². The smallest absolute Gasteiger partial charge is 0.129 e. The van der Waals surface area contributed by atoms with Crippen molar-refractivity contribution in [2.24, 2.45) is 5.92 Å². The van der Waals surface area contributed by atoms with Gasteiger partial charge in [0, 0.05) is 17.8 Å². The minimum Gasteiger partial charge on any atom is -0.457 e. The number of benzene rings is 2. The summed E-state index contributed by atoms with van der Waals surface area (Å²) in [5, 5.41) is 3.57. The van der Waals surface area contributed by atoms with Crippen LogP contribution in [0.2, 0.25) is 0 Å². The lowest BCUT2D eigenvalue weighted by molar-refractivity contribution is 0.482. The van der Waals surface area contributed by atoms with Gasteiger partial charge >= 0.3 is 0 Å². The Hall–Kier alpha value is -1.96. The van der Waals surface area contributed by atoms with Gasteiger partial charge in [0.25, 0.3) is 0 Å². The normalized spacial score (nSPS) is 12.2. The Bertz CT molecular complexity index is 522. The summed E-state index contributed by atoms with van der Waals surface area (Å²) in [5.41, 5.74) is 1.11. The van der Waals surface area contributed by atoms with Crippen LogP contribution in [0.3, 0.4) is 0 Å². The van der Waals surface area contributed by atoms with Gasteiger partial charge in [-0.15, -0.1) is 0 Å². The molecule has 0 aliphatic carbocycles. The number of hydrogen-bond donors (Lipinski definition) is 1. The molecule has 0 spiro atoms. The Morgan fingerprint density at radius 2 is 1.65 bits per heavy atom. The van der Waals surface area contributed by atoms with E-state index in [2.05, 4.69) is 38.2 Å². The summed E-state index contributed by atoms with van der Waals surface area (Å²) in [4.78, 5) is 0. The van der Waals surface area contributed by atoms with Gasteiger partial charge in [0.05, 0.1) is 0 Å². The van der Waals surface area contributed by atoms with Crippen molar-refractivity contribution in [3.8, 4) is 11.5 Å². The molecule has 0 amide bonds. The first-order valence-corrected chi connectivity index (χ1v) is 7.28. The van der Waals surface area contributed by atoms with E-state index < -0.39 is 0 Å². The van der Waals surface area contributed by atoms with E-state index >= 15 is 0 Å². The van der Waals surface area contributed by atoms with E-state index in [4.69, 9.17) is 4.74 Å². The molecule has 0 bridgehead atoms. The Kier molecular flexibility index (Phi) is 5.05. The van der Waals surface area contributed by atoms with Gasteiger partial charge in [0.1, 0.15) is 11.5 Å². The van der Waals surface area contributed by atoms with Crippen molar-refractivity contribution in [2.75, 3.05) is 5.32 Å². The lowest BCUT2D eigenvalue weighted by Crippen LogP contribution is -2.24. The predicted octanol–water partition coefficient (Wildman–Crippen LogP) is 5.33. The monoisotopic (exact) mass is 269 g/mol. The molecule has 1 N–H and O–H groups in total. The van der Waals surface area contributed by atoms with Crippen molar-refractivity contribution in [1.29, 1.82) is 0 Å². The summed E-state index contributed by atoms with van der Waals surface area (Å²) in [6, 6.07) is 18.5. The molecule has 0 aliphatic heterocycles. The highest BCUT2D eigenvalue weighted by Crippen LogP contribution is 2.25. The Morgan fingerprint density at radius 1 is 0.950 bits per heavy atom. The SMILES string of the molecule is CCC(Nc1cccc(Oc2ccccc2)c1)C(C)C. The van der Waals surface area contributed by atoms with Crippen LogP contribution in [0.5, 0.6) is 11.5 Å². The number of rotatable bonds is 6. The van der Waals surface area contributed by atoms with Gasteiger partial charge in [0.2, 0.25) is 0 Å². The van der Waals surface area contributed by atoms with E-state index in [1.807, 2.05) is 42.5 Å². The molecule has 2 nitrogen and oxygen atoms in total. The minimum atomic E-state index is 0.488. The van der Waals surface area contributed by atoms with E-state index in [1.54, 1.807) is 0 Å². The number of anilines is 1. The molecule has 2 rings (SSSR count). The van der Waals surface area contributed by atoms with Crippen LogP contribution < -0.4 is 10.1 Å². The molecule has 0 radical (unpaired) electrons. The average Bonchev–Trinajstić information content (AvgIpc) is 2.46. The van der Waals surface area contributed by atoms with Gasteiger partial charge in [-0.1, -0.05) is 45.0 Å². The van der Waals surface area contributed by atoms with Crippen LogP contribution >= 0.6 is 0 Å². The molecule has 20 heavy (non-hydrogen) atoms. The maximum absolute atomic E-state index is 5.85. The average molecular weight is 269 g/mol. The summed E-state index contributed by atoms with van der Waals surface area (Å²) >= 11 is 0. The van der Waals surface area contributed by atoms with Crippen LogP contribution in [0.15, 0.2) is 54.6 Å². The van der Waals surface area contributed by atoms with E-state index in [9.17, 15) is 0 Å². The van der Waals surface area contributed by atoms with Crippen molar-refractivity contribution < 1.29 is 4.74 Å². The van der Waals surface area contributed by atoms with Gasteiger partial charge in [0.15, 0.2) is 0 Å². The minimum absolute atomic E-state index is 0.488.